The van der Waals surface area contributed by atoms with Crippen molar-refractivity contribution in [3.8, 4) is 6.07 Å². The molecule has 0 saturated carbocycles. The number of aromatic nitrogens is 3. The summed E-state index contributed by atoms with van der Waals surface area (Å²) in [5.74, 6) is -0.490. The van der Waals surface area contributed by atoms with Gasteiger partial charge in [0, 0.05) is 26.2 Å². The summed E-state index contributed by atoms with van der Waals surface area (Å²) in [6, 6.07) is 11.8. The fourth-order valence-electron chi connectivity index (χ4n) is 4.94. The van der Waals surface area contributed by atoms with E-state index in [9.17, 15) is 20.0 Å². The number of pyridine rings is 1. The van der Waals surface area contributed by atoms with Crippen LogP contribution in [0.25, 0.3) is 11.0 Å². The van der Waals surface area contributed by atoms with E-state index in [1.54, 1.807) is 19.2 Å². The van der Waals surface area contributed by atoms with Crippen LogP contribution in [0.3, 0.4) is 0 Å². The van der Waals surface area contributed by atoms with Gasteiger partial charge in [0.1, 0.15) is 23.3 Å². The van der Waals surface area contributed by atoms with Gasteiger partial charge in [-0.1, -0.05) is 48.9 Å². The molecule has 1 N–H and O–H groups in total. The Morgan fingerprint density at radius 1 is 1.22 bits per heavy atom. The molecule has 9 nitrogen and oxygen atoms in total. The highest BCUT2D eigenvalue weighted by Crippen LogP contribution is 2.33. The SMILES string of the molecule is CC=CC1CN(C(C(=O)O)c2ccc(C)cc2)[C@H](CC)CN1c1nc(=O)n(C)c2ccc(C#N)nc12. The Morgan fingerprint density at radius 3 is 2.56 bits per heavy atom. The van der Waals surface area contributed by atoms with E-state index in [4.69, 9.17) is 0 Å². The fourth-order valence-corrected chi connectivity index (χ4v) is 4.94. The largest absolute Gasteiger partial charge is 0.480 e. The summed E-state index contributed by atoms with van der Waals surface area (Å²) >= 11 is 0. The number of aryl methyl sites for hydroxylation is 2. The van der Waals surface area contributed by atoms with Crippen LogP contribution >= 0.6 is 0 Å². The maximum absolute atomic E-state index is 12.8. The zero-order chi connectivity index (χ0) is 26.0. The van der Waals surface area contributed by atoms with Gasteiger partial charge in [0.15, 0.2) is 5.82 Å². The third kappa shape index (κ3) is 4.60. The predicted molar refractivity (Wildman–Crippen MR) is 138 cm³/mol. The summed E-state index contributed by atoms with van der Waals surface area (Å²) in [6.07, 6.45) is 4.61. The number of piperazine rings is 1. The first-order valence-electron chi connectivity index (χ1n) is 12.0. The Morgan fingerprint density at radius 2 is 1.94 bits per heavy atom. The Hall–Kier alpha value is -4.03. The monoisotopic (exact) mass is 486 g/mol. The molecule has 1 aliphatic rings. The minimum Gasteiger partial charge on any atom is -0.480 e. The van der Waals surface area contributed by atoms with Crippen molar-refractivity contribution >= 4 is 22.8 Å². The van der Waals surface area contributed by atoms with Crippen LogP contribution in [0.1, 0.15) is 43.1 Å². The molecule has 9 heteroatoms. The first-order valence-corrected chi connectivity index (χ1v) is 12.0. The number of allylic oxidation sites excluding steroid dienone is 1. The van der Waals surface area contributed by atoms with Gasteiger partial charge in [-0.2, -0.15) is 10.2 Å². The van der Waals surface area contributed by atoms with Gasteiger partial charge >= 0.3 is 11.7 Å². The molecule has 1 saturated heterocycles. The summed E-state index contributed by atoms with van der Waals surface area (Å²) in [5, 5.41) is 19.7. The van der Waals surface area contributed by atoms with Crippen LogP contribution in [0.4, 0.5) is 5.82 Å². The van der Waals surface area contributed by atoms with Crippen molar-refractivity contribution in [1.82, 2.24) is 19.4 Å². The lowest BCUT2D eigenvalue weighted by molar-refractivity contribution is -0.145. The molecule has 1 aromatic carbocycles. The fraction of sp³-hybridized carbons (Fsp3) is 0.370. The number of carboxylic acid groups (broad SMARTS) is 1. The molecule has 2 aromatic heterocycles. The van der Waals surface area contributed by atoms with E-state index in [1.165, 1.54) is 4.57 Å². The van der Waals surface area contributed by atoms with Gasteiger partial charge in [0.05, 0.1) is 11.6 Å². The second kappa shape index (κ2) is 10.3. The van der Waals surface area contributed by atoms with Gasteiger partial charge in [-0.3, -0.25) is 14.3 Å². The second-order valence-corrected chi connectivity index (χ2v) is 9.11. The van der Waals surface area contributed by atoms with Gasteiger partial charge < -0.3 is 10.0 Å². The predicted octanol–water partition coefficient (Wildman–Crippen LogP) is 3.18. The molecule has 0 aliphatic carbocycles. The quantitative estimate of drug-likeness (QED) is 0.528. The molecule has 0 radical (unpaired) electrons. The maximum atomic E-state index is 12.8. The number of rotatable bonds is 6. The number of hydrogen-bond acceptors (Lipinski definition) is 7. The van der Waals surface area contributed by atoms with Crippen LogP contribution in [0.2, 0.25) is 0 Å². The summed E-state index contributed by atoms with van der Waals surface area (Å²) in [5.41, 5.74) is 2.68. The number of carboxylic acids is 1. The number of nitriles is 1. The molecule has 0 amide bonds. The number of anilines is 1. The van der Waals surface area contributed by atoms with Crippen LogP contribution < -0.4 is 10.6 Å². The van der Waals surface area contributed by atoms with E-state index in [1.807, 2.05) is 67.0 Å². The minimum atomic E-state index is -0.900. The summed E-state index contributed by atoms with van der Waals surface area (Å²) in [4.78, 5) is 38.2. The lowest BCUT2D eigenvalue weighted by Crippen LogP contribution is -2.60. The normalized spacial score (nSPS) is 19.5. The average Bonchev–Trinajstić information content (AvgIpc) is 2.87. The van der Waals surface area contributed by atoms with Crippen LogP contribution in [0, 0.1) is 18.3 Å². The van der Waals surface area contributed by atoms with Crippen molar-refractivity contribution in [3.63, 3.8) is 0 Å². The number of fused-ring (bicyclic) bond motifs is 1. The van der Waals surface area contributed by atoms with Crippen molar-refractivity contribution in [2.45, 2.75) is 45.3 Å². The Bertz CT molecular complexity index is 1410. The molecule has 3 aromatic rings. The Kier molecular flexibility index (Phi) is 7.17. The zero-order valence-electron chi connectivity index (χ0n) is 20.9. The van der Waals surface area contributed by atoms with E-state index < -0.39 is 17.7 Å². The first kappa shape index (κ1) is 25.1. The number of hydrogen-bond donors (Lipinski definition) is 1. The number of aliphatic carboxylic acids is 1. The van der Waals surface area contributed by atoms with E-state index in [0.29, 0.717) is 36.4 Å². The third-order valence-corrected chi connectivity index (χ3v) is 6.84. The Balaban J connectivity index is 1.83. The summed E-state index contributed by atoms with van der Waals surface area (Å²) < 4.78 is 1.42. The summed E-state index contributed by atoms with van der Waals surface area (Å²) in [6.45, 7) is 6.79. The molecule has 3 atom stereocenters. The third-order valence-electron chi connectivity index (χ3n) is 6.84. The molecule has 1 aliphatic heterocycles. The molecule has 36 heavy (non-hydrogen) atoms. The number of carbonyl (C=O) groups is 1. The van der Waals surface area contributed by atoms with E-state index in [0.717, 1.165) is 11.1 Å². The molecule has 4 rings (SSSR count). The average molecular weight is 487 g/mol. The zero-order valence-corrected chi connectivity index (χ0v) is 20.9. The highest BCUT2D eigenvalue weighted by molar-refractivity contribution is 5.86. The molecule has 2 unspecified atom stereocenters. The second-order valence-electron chi connectivity index (χ2n) is 9.11. The highest BCUT2D eigenvalue weighted by atomic mass is 16.4. The van der Waals surface area contributed by atoms with E-state index in [-0.39, 0.29) is 17.8 Å². The smallest absolute Gasteiger partial charge is 0.349 e. The van der Waals surface area contributed by atoms with E-state index in [2.05, 4.69) is 16.0 Å². The molecule has 0 spiro atoms. The van der Waals surface area contributed by atoms with Crippen molar-refractivity contribution in [1.29, 1.82) is 5.26 Å². The maximum Gasteiger partial charge on any atom is 0.349 e. The Labute approximate surface area is 209 Å². The molecule has 0 bridgehead atoms. The van der Waals surface area contributed by atoms with Gasteiger partial charge in [-0.25, -0.2) is 9.78 Å². The minimum absolute atomic E-state index is 0.117. The van der Waals surface area contributed by atoms with E-state index >= 15 is 0 Å². The molecular formula is C27H30N6O3. The lowest BCUT2D eigenvalue weighted by atomic mass is 9.96. The van der Waals surface area contributed by atoms with Crippen LogP contribution in [0.15, 0.2) is 53.3 Å². The first-order chi connectivity index (χ1) is 17.3. The summed E-state index contributed by atoms with van der Waals surface area (Å²) in [7, 11) is 1.63. The number of nitrogens with zero attached hydrogens (tertiary/aromatic N) is 6. The van der Waals surface area contributed by atoms with Gasteiger partial charge in [0.25, 0.3) is 0 Å². The van der Waals surface area contributed by atoms with Crippen LogP contribution in [0.5, 0.6) is 0 Å². The molecule has 3 heterocycles. The molecular weight excluding hydrogens is 456 g/mol. The van der Waals surface area contributed by atoms with Crippen molar-refractivity contribution in [2.24, 2.45) is 7.05 Å². The van der Waals surface area contributed by atoms with Crippen molar-refractivity contribution < 1.29 is 9.90 Å². The van der Waals surface area contributed by atoms with Crippen molar-refractivity contribution in [3.05, 3.63) is 75.9 Å². The molecule has 1 fully saturated rings. The van der Waals surface area contributed by atoms with Gasteiger partial charge in [-0.05, 0) is 38.0 Å². The number of benzene rings is 1. The highest BCUT2D eigenvalue weighted by Gasteiger charge is 2.40. The standard InChI is InChI=1S/C27H30N6O3/c1-5-7-21-16-32(24(26(34)35)18-10-8-17(3)9-11-18)20(6-2)15-33(21)25-23-22(31(4)27(36)30-25)13-12-19(14-28)29-23/h5,7-13,20-21,24H,6,15-16H2,1-4H3,(H,34,35)/t20-,21?,24?/m1/s1. The lowest BCUT2D eigenvalue weighted by Gasteiger charge is -2.48. The topological polar surface area (TPSA) is 115 Å². The van der Waals surface area contributed by atoms with Crippen LogP contribution in [-0.4, -0.2) is 55.7 Å². The van der Waals surface area contributed by atoms with Gasteiger partial charge in [0.2, 0.25) is 0 Å². The van der Waals surface area contributed by atoms with Crippen LogP contribution in [-0.2, 0) is 11.8 Å². The molecule has 186 valence electrons. The van der Waals surface area contributed by atoms with Gasteiger partial charge in [-0.15, -0.1) is 0 Å². The van der Waals surface area contributed by atoms with Crippen molar-refractivity contribution in [2.75, 3.05) is 18.0 Å².